The van der Waals surface area contributed by atoms with Gasteiger partial charge in [0.25, 0.3) is 5.91 Å². The molecule has 0 saturated heterocycles. The third-order valence-electron chi connectivity index (χ3n) is 3.38. The smallest absolute Gasteiger partial charge is 0.326 e. The van der Waals surface area contributed by atoms with E-state index in [1.165, 1.54) is 0 Å². The highest BCUT2D eigenvalue weighted by Crippen LogP contribution is 2.17. The minimum atomic E-state index is -1.19. The van der Waals surface area contributed by atoms with Crippen molar-refractivity contribution in [2.45, 2.75) is 32.0 Å². The number of hydrogen-bond donors (Lipinski definition) is 4. The Kier molecular flexibility index (Phi) is 4.54. The van der Waals surface area contributed by atoms with Crippen LogP contribution < -0.4 is 16.4 Å². The molecule has 1 atom stereocenters. The molecule has 1 heterocycles. The second kappa shape index (κ2) is 6.36. The van der Waals surface area contributed by atoms with Gasteiger partial charge in [0.2, 0.25) is 5.91 Å². The van der Waals surface area contributed by atoms with Crippen molar-refractivity contribution in [3.05, 3.63) is 34.9 Å². The van der Waals surface area contributed by atoms with Crippen LogP contribution in [0.1, 0.15) is 34.3 Å². The number of nitrogens with one attached hydrogen (secondary N) is 2. The summed E-state index contributed by atoms with van der Waals surface area (Å²) in [6, 6.07) is 4.13. The summed E-state index contributed by atoms with van der Waals surface area (Å²) < 4.78 is 0. The number of carboxylic acids is 1. The third kappa shape index (κ3) is 3.79. The van der Waals surface area contributed by atoms with Crippen molar-refractivity contribution in [3.63, 3.8) is 0 Å². The normalized spacial score (nSPS) is 14.3. The molecule has 1 unspecified atom stereocenters. The minimum absolute atomic E-state index is 0.0249. The molecular weight excluding hydrogens is 274 g/mol. The van der Waals surface area contributed by atoms with Gasteiger partial charge in [-0.05, 0) is 29.7 Å². The van der Waals surface area contributed by atoms with Gasteiger partial charge in [0, 0.05) is 25.1 Å². The van der Waals surface area contributed by atoms with Gasteiger partial charge in [-0.15, -0.1) is 0 Å². The number of carbonyl (C=O) groups excluding carboxylic acids is 2. The summed E-state index contributed by atoms with van der Waals surface area (Å²) >= 11 is 0. The maximum atomic E-state index is 12.1. The Morgan fingerprint density at radius 3 is 2.67 bits per heavy atom. The van der Waals surface area contributed by atoms with Crippen LogP contribution in [0, 0.1) is 0 Å². The van der Waals surface area contributed by atoms with E-state index in [2.05, 4.69) is 10.6 Å². The maximum absolute atomic E-state index is 12.1. The van der Waals surface area contributed by atoms with Crippen molar-refractivity contribution in [2.24, 2.45) is 5.73 Å². The van der Waals surface area contributed by atoms with Gasteiger partial charge >= 0.3 is 5.97 Å². The second-order valence-corrected chi connectivity index (χ2v) is 4.96. The van der Waals surface area contributed by atoms with Gasteiger partial charge < -0.3 is 21.5 Å². The van der Waals surface area contributed by atoms with Crippen LogP contribution in [0.15, 0.2) is 18.2 Å². The van der Waals surface area contributed by atoms with Crippen LogP contribution in [0.25, 0.3) is 0 Å². The Morgan fingerprint density at radius 2 is 2.00 bits per heavy atom. The molecule has 1 aromatic rings. The first-order valence-electron chi connectivity index (χ1n) is 6.62. The lowest BCUT2D eigenvalue weighted by Crippen LogP contribution is -2.41. The number of aliphatic carboxylic acids is 1. The summed E-state index contributed by atoms with van der Waals surface area (Å²) in [7, 11) is 0. The molecule has 0 bridgehead atoms. The van der Waals surface area contributed by atoms with Crippen LogP contribution in [0.2, 0.25) is 0 Å². The predicted octanol–water partition coefficient (Wildman–Crippen LogP) is -0.262. The number of primary amides is 1. The van der Waals surface area contributed by atoms with Crippen LogP contribution >= 0.6 is 0 Å². The van der Waals surface area contributed by atoms with Crippen molar-refractivity contribution in [1.29, 1.82) is 0 Å². The quantitative estimate of drug-likeness (QED) is 0.575. The molecule has 1 aliphatic rings. The number of amides is 2. The number of fused-ring (bicyclic) bond motifs is 1. The van der Waals surface area contributed by atoms with Crippen LogP contribution in [0.4, 0.5) is 0 Å². The summed E-state index contributed by atoms with van der Waals surface area (Å²) in [6.07, 6.45) is -0.117. The summed E-state index contributed by atoms with van der Waals surface area (Å²) in [4.78, 5) is 33.9. The highest BCUT2D eigenvalue weighted by atomic mass is 16.4. The zero-order valence-corrected chi connectivity index (χ0v) is 11.4. The molecule has 0 aromatic heterocycles. The Labute approximate surface area is 121 Å². The first-order chi connectivity index (χ1) is 9.97. The third-order valence-corrected chi connectivity index (χ3v) is 3.38. The SMILES string of the molecule is NC(=O)CCC(NC(=O)c1ccc2c(c1)CNC2)C(=O)O. The second-order valence-electron chi connectivity index (χ2n) is 4.96. The van der Waals surface area contributed by atoms with Crippen molar-refractivity contribution < 1.29 is 19.5 Å². The average Bonchev–Trinajstić information content (AvgIpc) is 2.89. The molecule has 7 heteroatoms. The van der Waals surface area contributed by atoms with E-state index in [1.807, 2.05) is 6.07 Å². The molecule has 0 fully saturated rings. The summed E-state index contributed by atoms with van der Waals surface area (Å²) in [5, 5.41) is 14.6. The largest absolute Gasteiger partial charge is 0.480 e. The lowest BCUT2D eigenvalue weighted by atomic mass is 10.1. The molecule has 0 spiro atoms. The molecule has 112 valence electrons. The fourth-order valence-corrected chi connectivity index (χ4v) is 2.22. The molecule has 2 amide bonds. The predicted molar refractivity (Wildman–Crippen MR) is 74.3 cm³/mol. The van der Waals surface area contributed by atoms with E-state index in [4.69, 9.17) is 10.8 Å². The van der Waals surface area contributed by atoms with E-state index in [-0.39, 0.29) is 12.8 Å². The monoisotopic (exact) mass is 291 g/mol. The van der Waals surface area contributed by atoms with Gasteiger partial charge in [0.15, 0.2) is 0 Å². The Balaban J connectivity index is 2.04. The molecule has 2 rings (SSSR count). The number of nitrogens with two attached hydrogens (primary N) is 1. The lowest BCUT2D eigenvalue weighted by molar-refractivity contribution is -0.139. The topological polar surface area (TPSA) is 122 Å². The maximum Gasteiger partial charge on any atom is 0.326 e. The molecule has 1 aliphatic heterocycles. The van der Waals surface area contributed by atoms with Crippen molar-refractivity contribution in [1.82, 2.24) is 10.6 Å². The zero-order valence-electron chi connectivity index (χ0n) is 11.4. The summed E-state index contributed by atoms with van der Waals surface area (Å²) in [5.74, 6) is -2.26. The van der Waals surface area contributed by atoms with Gasteiger partial charge in [-0.3, -0.25) is 9.59 Å². The number of benzene rings is 1. The number of hydrogen-bond acceptors (Lipinski definition) is 4. The van der Waals surface area contributed by atoms with Gasteiger partial charge in [0.1, 0.15) is 6.04 Å². The fraction of sp³-hybridized carbons (Fsp3) is 0.357. The molecule has 0 radical (unpaired) electrons. The summed E-state index contributed by atoms with van der Waals surface area (Å²) in [5.41, 5.74) is 7.57. The Bertz CT molecular complexity index is 586. The fourth-order valence-electron chi connectivity index (χ4n) is 2.22. The molecule has 21 heavy (non-hydrogen) atoms. The average molecular weight is 291 g/mol. The van der Waals surface area contributed by atoms with Crippen LogP contribution in [-0.4, -0.2) is 28.9 Å². The van der Waals surface area contributed by atoms with Crippen LogP contribution in [0.3, 0.4) is 0 Å². The van der Waals surface area contributed by atoms with E-state index in [0.29, 0.717) is 12.1 Å². The molecule has 7 nitrogen and oxygen atoms in total. The van der Waals surface area contributed by atoms with Gasteiger partial charge in [-0.1, -0.05) is 6.07 Å². The first kappa shape index (κ1) is 15.0. The van der Waals surface area contributed by atoms with E-state index in [1.54, 1.807) is 12.1 Å². The molecular formula is C14H17N3O4. The van der Waals surface area contributed by atoms with E-state index >= 15 is 0 Å². The molecule has 0 saturated carbocycles. The van der Waals surface area contributed by atoms with E-state index in [9.17, 15) is 14.4 Å². The number of carbonyl (C=O) groups is 3. The molecule has 0 aliphatic carbocycles. The highest BCUT2D eigenvalue weighted by Gasteiger charge is 2.22. The Hall–Kier alpha value is -2.41. The standard InChI is InChI=1S/C14H17N3O4/c15-12(18)4-3-11(14(20)21)17-13(19)8-1-2-9-6-16-7-10(9)5-8/h1-2,5,11,16H,3-4,6-7H2,(H2,15,18)(H,17,19)(H,20,21). The number of rotatable bonds is 6. The van der Waals surface area contributed by atoms with Crippen LogP contribution in [-0.2, 0) is 22.7 Å². The molecule has 5 N–H and O–H groups in total. The van der Waals surface area contributed by atoms with E-state index in [0.717, 1.165) is 17.7 Å². The first-order valence-corrected chi connectivity index (χ1v) is 6.62. The van der Waals surface area contributed by atoms with Crippen molar-refractivity contribution in [3.8, 4) is 0 Å². The number of carboxylic acid groups (broad SMARTS) is 1. The van der Waals surface area contributed by atoms with Crippen molar-refractivity contribution in [2.75, 3.05) is 0 Å². The van der Waals surface area contributed by atoms with Gasteiger partial charge in [-0.25, -0.2) is 4.79 Å². The van der Waals surface area contributed by atoms with Gasteiger partial charge in [0.05, 0.1) is 0 Å². The van der Waals surface area contributed by atoms with Crippen molar-refractivity contribution >= 4 is 17.8 Å². The highest BCUT2D eigenvalue weighted by molar-refractivity contribution is 5.97. The molecule has 1 aromatic carbocycles. The van der Waals surface area contributed by atoms with Gasteiger partial charge in [-0.2, -0.15) is 0 Å². The van der Waals surface area contributed by atoms with Crippen LogP contribution in [0.5, 0.6) is 0 Å². The zero-order chi connectivity index (χ0) is 15.4. The lowest BCUT2D eigenvalue weighted by Gasteiger charge is -2.14. The summed E-state index contributed by atoms with van der Waals surface area (Å²) in [6.45, 7) is 1.47. The Morgan fingerprint density at radius 1 is 1.29 bits per heavy atom. The van der Waals surface area contributed by atoms with E-state index < -0.39 is 23.8 Å². The minimum Gasteiger partial charge on any atom is -0.480 e.